The third-order valence-corrected chi connectivity index (χ3v) is 7.56. The average molecular weight is 492 g/mol. The van der Waals surface area contributed by atoms with Crippen LogP contribution in [0.25, 0.3) is 0 Å². The molecule has 2 heterocycles. The molecule has 0 spiro atoms. The number of nitrogens with zero attached hydrogens (tertiary/aromatic N) is 4. The summed E-state index contributed by atoms with van der Waals surface area (Å²) in [6.45, 7) is 9.89. The van der Waals surface area contributed by atoms with Gasteiger partial charge in [0.15, 0.2) is 0 Å². The van der Waals surface area contributed by atoms with Gasteiger partial charge < -0.3 is 15.5 Å². The summed E-state index contributed by atoms with van der Waals surface area (Å²) in [5, 5.41) is 16.1. The number of benzene rings is 1. The molecule has 1 aromatic carbocycles. The number of hydrogen-bond acceptors (Lipinski definition) is 7. The highest BCUT2D eigenvalue weighted by atomic mass is 15.2. The van der Waals surface area contributed by atoms with Crippen LogP contribution in [0.4, 0.5) is 11.8 Å². The van der Waals surface area contributed by atoms with E-state index in [1.165, 1.54) is 37.8 Å². The second-order valence-corrected chi connectivity index (χ2v) is 10.8. The van der Waals surface area contributed by atoms with Gasteiger partial charge in [-0.3, -0.25) is 10.3 Å². The molecule has 1 aliphatic heterocycles. The first-order valence-corrected chi connectivity index (χ1v) is 14.0. The number of hydrogen-bond donors (Lipinski definition) is 3. The Labute approximate surface area is 217 Å². The Balaban J connectivity index is 1.49. The van der Waals surface area contributed by atoms with E-state index >= 15 is 0 Å². The van der Waals surface area contributed by atoms with Crippen molar-refractivity contribution in [3.63, 3.8) is 0 Å². The molecule has 1 saturated carbocycles. The highest BCUT2D eigenvalue weighted by molar-refractivity contribution is 6.13. The van der Waals surface area contributed by atoms with E-state index in [1.807, 2.05) is 6.20 Å². The summed E-state index contributed by atoms with van der Waals surface area (Å²) in [4.78, 5) is 14.4. The van der Waals surface area contributed by atoms with Gasteiger partial charge in [0.05, 0.1) is 11.3 Å². The first-order valence-electron chi connectivity index (χ1n) is 14.0. The highest BCUT2D eigenvalue weighted by Crippen LogP contribution is 2.25. The summed E-state index contributed by atoms with van der Waals surface area (Å²) in [5.74, 6) is 1.43. The molecule has 4 rings (SSSR count). The minimum Gasteiger partial charge on any atom is -0.367 e. The number of nitrogens with one attached hydrogen (secondary N) is 3. The molecule has 1 atom stereocenters. The lowest BCUT2D eigenvalue weighted by Gasteiger charge is -2.25. The topological polar surface area (TPSA) is 80.2 Å². The summed E-state index contributed by atoms with van der Waals surface area (Å²) in [7, 11) is 2.21. The Morgan fingerprint density at radius 1 is 1.06 bits per heavy atom. The van der Waals surface area contributed by atoms with Gasteiger partial charge in [-0.2, -0.15) is 4.98 Å². The molecule has 0 unspecified atom stereocenters. The van der Waals surface area contributed by atoms with E-state index in [2.05, 4.69) is 70.6 Å². The van der Waals surface area contributed by atoms with Crippen LogP contribution in [-0.4, -0.2) is 70.8 Å². The largest absolute Gasteiger partial charge is 0.367 e. The normalized spacial score (nSPS) is 19.0. The molecule has 0 radical (unpaired) electrons. The van der Waals surface area contributed by atoms with Gasteiger partial charge >= 0.3 is 0 Å². The Kier molecular flexibility index (Phi) is 9.70. The summed E-state index contributed by atoms with van der Waals surface area (Å²) in [6, 6.07) is 9.26. The molecule has 0 amide bonds. The van der Waals surface area contributed by atoms with Crippen molar-refractivity contribution in [2.24, 2.45) is 0 Å². The highest BCUT2D eigenvalue weighted by Gasteiger charge is 2.20. The van der Waals surface area contributed by atoms with Gasteiger partial charge in [0.1, 0.15) is 5.82 Å². The smallest absolute Gasteiger partial charge is 0.224 e. The number of likely N-dealkylation sites (N-methyl/N-ethyl adjacent to an activating group) is 1. The standard InChI is InChI=1S/C29H45N7/c1-4-9-22(2)32-29-31-20-26(28(34-29)33-25-10-6-5-7-11-25)27(30)24-14-12-23(13-15-24)21-36-17-8-16-35(3)18-19-36/h12-15,20,22,25,30H,4-11,16-19,21H2,1-3H3,(H2,31,32,33,34)/t22-/m0/s1. The molecule has 2 aromatic rings. The maximum Gasteiger partial charge on any atom is 0.224 e. The zero-order valence-electron chi connectivity index (χ0n) is 22.5. The van der Waals surface area contributed by atoms with Crippen LogP contribution >= 0.6 is 0 Å². The van der Waals surface area contributed by atoms with Crippen LogP contribution < -0.4 is 10.6 Å². The van der Waals surface area contributed by atoms with Crippen LogP contribution in [0.3, 0.4) is 0 Å². The maximum absolute atomic E-state index is 9.03. The van der Waals surface area contributed by atoms with Gasteiger partial charge in [0.2, 0.25) is 5.95 Å². The molecule has 1 aliphatic carbocycles. The third kappa shape index (κ3) is 7.50. The lowest BCUT2D eigenvalue weighted by atomic mass is 9.95. The molecule has 7 nitrogen and oxygen atoms in total. The molecular weight excluding hydrogens is 446 g/mol. The van der Waals surface area contributed by atoms with Crippen molar-refractivity contribution >= 4 is 17.5 Å². The average Bonchev–Trinajstić information content (AvgIpc) is 3.09. The first-order chi connectivity index (χ1) is 17.5. The van der Waals surface area contributed by atoms with E-state index in [4.69, 9.17) is 10.4 Å². The predicted molar refractivity (Wildman–Crippen MR) is 150 cm³/mol. The van der Waals surface area contributed by atoms with Crippen LogP contribution in [0.15, 0.2) is 30.5 Å². The Morgan fingerprint density at radius 3 is 2.58 bits per heavy atom. The lowest BCUT2D eigenvalue weighted by molar-refractivity contribution is 0.269. The summed E-state index contributed by atoms with van der Waals surface area (Å²) in [5.41, 5.74) is 3.46. The van der Waals surface area contributed by atoms with Crippen LogP contribution in [0.1, 0.15) is 81.9 Å². The van der Waals surface area contributed by atoms with Gasteiger partial charge in [-0.05, 0) is 58.3 Å². The van der Waals surface area contributed by atoms with Crippen LogP contribution in [0.2, 0.25) is 0 Å². The van der Waals surface area contributed by atoms with Gasteiger partial charge in [-0.25, -0.2) is 4.98 Å². The van der Waals surface area contributed by atoms with Crippen molar-refractivity contribution in [2.75, 3.05) is 43.9 Å². The van der Waals surface area contributed by atoms with Crippen molar-refractivity contribution in [1.29, 1.82) is 5.41 Å². The number of aromatic nitrogens is 2. The van der Waals surface area contributed by atoms with Crippen molar-refractivity contribution < 1.29 is 0 Å². The predicted octanol–water partition coefficient (Wildman–Crippen LogP) is 5.38. The van der Waals surface area contributed by atoms with Crippen molar-refractivity contribution in [3.8, 4) is 0 Å². The zero-order valence-corrected chi connectivity index (χ0v) is 22.5. The van der Waals surface area contributed by atoms with Gasteiger partial charge in [0, 0.05) is 43.5 Å². The van der Waals surface area contributed by atoms with E-state index in [-0.39, 0.29) is 0 Å². The minimum absolute atomic E-state index is 0.319. The Morgan fingerprint density at radius 2 is 1.83 bits per heavy atom. The molecule has 1 saturated heterocycles. The second kappa shape index (κ2) is 13.2. The second-order valence-electron chi connectivity index (χ2n) is 10.8. The van der Waals surface area contributed by atoms with E-state index in [1.54, 1.807) is 0 Å². The van der Waals surface area contributed by atoms with Gasteiger partial charge in [-0.15, -0.1) is 0 Å². The van der Waals surface area contributed by atoms with Crippen molar-refractivity contribution in [3.05, 3.63) is 47.2 Å². The van der Waals surface area contributed by atoms with Gasteiger partial charge in [-0.1, -0.05) is 56.9 Å². The fraction of sp³-hybridized carbons (Fsp3) is 0.621. The quantitative estimate of drug-likeness (QED) is 0.388. The molecule has 7 heteroatoms. The van der Waals surface area contributed by atoms with Crippen LogP contribution in [0.5, 0.6) is 0 Å². The van der Waals surface area contributed by atoms with Crippen molar-refractivity contribution in [2.45, 2.75) is 83.8 Å². The minimum atomic E-state index is 0.319. The summed E-state index contributed by atoms with van der Waals surface area (Å²) in [6.07, 6.45) is 11.4. The summed E-state index contributed by atoms with van der Waals surface area (Å²) >= 11 is 0. The van der Waals surface area contributed by atoms with E-state index in [9.17, 15) is 0 Å². The number of rotatable bonds is 10. The lowest BCUT2D eigenvalue weighted by Crippen LogP contribution is -2.28. The molecule has 196 valence electrons. The monoisotopic (exact) mass is 491 g/mol. The fourth-order valence-electron chi connectivity index (χ4n) is 5.36. The van der Waals surface area contributed by atoms with E-state index < -0.39 is 0 Å². The third-order valence-electron chi connectivity index (χ3n) is 7.56. The van der Waals surface area contributed by atoms with Crippen LogP contribution in [0, 0.1) is 5.41 Å². The zero-order chi connectivity index (χ0) is 25.3. The fourth-order valence-corrected chi connectivity index (χ4v) is 5.36. The maximum atomic E-state index is 9.03. The molecule has 36 heavy (non-hydrogen) atoms. The van der Waals surface area contributed by atoms with Crippen molar-refractivity contribution in [1.82, 2.24) is 19.8 Å². The molecule has 2 aliphatic rings. The molecule has 1 aromatic heterocycles. The Bertz CT molecular complexity index is 968. The molecule has 0 bridgehead atoms. The molecule has 3 N–H and O–H groups in total. The number of anilines is 2. The Hall–Kier alpha value is -2.51. The SMILES string of the molecule is CCC[C@H](C)Nc1ncc(C(=N)c2ccc(CN3CCCN(C)CC3)cc2)c(NC2CCCCC2)n1. The van der Waals surface area contributed by atoms with Crippen LogP contribution in [-0.2, 0) is 6.54 Å². The van der Waals surface area contributed by atoms with E-state index in [0.29, 0.717) is 23.7 Å². The van der Waals surface area contributed by atoms with Gasteiger partial charge in [0.25, 0.3) is 0 Å². The molecule has 2 fully saturated rings. The van der Waals surface area contributed by atoms with E-state index in [0.717, 1.165) is 68.8 Å². The molecular formula is C29H45N7. The first kappa shape index (κ1) is 26.6. The summed E-state index contributed by atoms with van der Waals surface area (Å²) < 4.78 is 0.